The highest BCUT2D eigenvalue weighted by atomic mass is 16.6. The Morgan fingerprint density at radius 2 is 2.14 bits per heavy atom. The fraction of sp³-hybridized carbons (Fsp3) is 0.571. The zero-order chi connectivity index (χ0) is 15.5. The van der Waals surface area contributed by atoms with Gasteiger partial charge < -0.3 is 15.0 Å². The van der Waals surface area contributed by atoms with Crippen molar-refractivity contribution in [3.05, 3.63) is 24.3 Å². The lowest BCUT2D eigenvalue weighted by molar-refractivity contribution is 0.0290. The molecule has 1 N–H and O–H groups in total. The van der Waals surface area contributed by atoms with Crippen LogP contribution in [-0.4, -0.2) is 51.6 Å². The third kappa shape index (κ3) is 4.40. The van der Waals surface area contributed by atoms with Gasteiger partial charge in [0.15, 0.2) is 0 Å². The second-order valence-corrected chi connectivity index (χ2v) is 5.98. The molecule has 0 bridgehead atoms. The highest BCUT2D eigenvalue weighted by molar-refractivity contribution is 5.92. The van der Waals surface area contributed by atoms with Gasteiger partial charge in [0.1, 0.15) is 11.3 Å². The van der Waals surface area contributed by atoms with Crippen molar-refractivity contribution in [1.82, 2.24) is 20.2 Å². The molecule has 1 aliphatic heterocycles. The van der Waals surface area contributed by atoms with Crippen molar-refractivity contribution in [2.24, 2.45) is 0 Å². The van der Waals surface area contributed by atoms with Gasteiger partial charge in [-0.05, 0) is 27.2 Å². The lowest BCUT2D eigenvalue weighted by Gasteiger charge is -2.24. The van der Waals surface area contributed by atoms with Gasteiger partial charge >= 0.3 is 6.09 Å². The molecule has 1 saturated heterocycles. The van der Waals surface area contributed by atoms with Crippen molar-refractivity contribution >= 4 is 12.0 Å². The number of carbonyl (C=O) groups is 2. The highest BCUT2D eigenvalue weighted by Gasteiger charge is 2.30. The number of nitrogens with one attached hydrogen (secondary N) is 1. The minimum absolute atomic E-state index is 0.0907. The standard InChI is InChI=1S/C14H20N4O3/c1-14(2,3)21-13(20)18-7-4-10(9-18)17-12(19)11-8-15-5-6-16-11/h5-6,8,10H,4,7,9H2,1-3H3,(H,17,19). The van der Waals surface area contributed by atoms with Crippen molar-refractivity contribution in [2.75, 3.05) is 13.1 Å². The van der Waals surface area contributed by atoms with E-state index in [-0.39, 0.29) is 23.7 Å². The van der Waals surface area contributed by atoms with E-state index in [4.69, 9.17) is 4.74 Å². The lowest BCUT2D eigenvalue weighted by atomic mass is 10.2. The number of rotatable bonds is 2. The SMILES string of the molecule is CC(C)(C)OC(=O)N1CCC(NC(=O)c2cnccn2)C1. The summed E-state index contributed by atoms with van der Waals surface area (Å²) in [5, 5.41) is 2.85. The molecule has 0 radical (unpaired) electrons. The molecule has 1 aromatic rings. The number of hydrogen-bond donors (Lipinski definition) is 1. The van der Waals surface area contributed by atoms with Crippen LogP contribution in [-0.2, 0) is 4.74 Å². The minimum Gasteiger partial charge on any atom is -0.444 e. The maximum atomic E-state index is 12.0. The molecule has 7 nitrogen and oxygen atoms in total. The van der Waals surface area contributed by atoms with Crippen LogP contribution in [0.1, 0.15) is 37.7 Å². The molecule has 2 rings (SSSR count). The molecule has 1 fully saturated rings. The number of amides is 2. The van der Waals surface area contributed by atoms with Crippen LogP contribution >= 0.6 is 0 Å². The lowest BCUT2D eigenvalue weighted by Crippen LogP contribution is -2.40. The largest absolute Gasteiger partial charge is 0.444 e. The summed E-state index contributed by atoms with van der Waals surface area (Å²) in [6.45, 7) is 6.50. The Morgan fingerprint density at radius 1 is 1.38 bits per heavy atom. The summed E-state index contributed by atoms with van der Waals surface area (Å²) in [5.74, 6) is -0.279. The summed E-state index contributed by atoms with van der Waals surface area (Å²) in [7, 11) is 0. The molecule has 7 heteroatoms. The predicted octanol–water partition coefficient (Wildman–Crippen LogP) is 1.22. The Hall–Kier alpha value is -2.18. The molecule has 2 heterocycles. The van der Waals surface area contributed by atoms with Crippen LogP contribution in [0.2, 0.25) is 0 Å². The minimum atomic E-state index is -0.516. The molecule has 0 aliphatic carbocycles. The zero-order valence-electron chi connectivity index (χ0n) is 12.5. The van der Waals surface area contributed by atoms with E-state index in [1.165, 1.54) is 18.6 Å². The first-order valence-corrected chi connectivity index (χ1v) is 6.90. The fourth-order valence-corrected chi connectivity index (χ4v) is 2.05. The Labute approximate surface area is 123 Å². The van der Waals surface area contributed by atoms with Crippen LogP contribution in [0.4, 0.5) is 4.79 Å². The second-order valence-electron chi connectivity index (χ2n) is 5.98. The smallest absolute Gasteiger partial charge is 0.410 e. The Bertz CT molecular complexity index is 513. The second kappa shape index (κ2) is 6.07. The van der Waals surface area contributed by atoms with Gasteiger partial charge in [-0.25, -0.2) is 9.78 Å². The van der Waals surface area contributed by atoms with Crippen molar-refractivity contribution in [3.8, 4) is 0 Å². The van der Waals surface area contributed by atoms with Crippen molar-refractivity contribution < 1.29 is 14.3 Å². The normalized spacial score (nSPS) is 18.4. The van der Waals surface area contributed by atoms with Gasteiger partial charge in [-0.15, -0.1) is 0 Å². The van der Waals surface area contributed by atoms with Gasteiger partial charge in [0.05, 0.1) is 6.20 Å². The first kappa shape index (κ1) is 15.2. The van der Waals surface area contributed by atoms with E-state index in [2.05, 4.69) is 15.3 Å². The molecular formula is C14H20N4O3. The van der Waals surface area contributed by atoms with Gasteiger partial charge in [0.25, 0.3) is 5.91 Å². The van der Waals surface area contributed by atoms with Gasteiger partial charge in [-0.2, -0.15) is 0 Å². The number of nitrogens with zero attached hydrogens (tertiary/aromatic N) is 3. The molecule has 0 saturated carbocycles. The van der Waals surface area contributed by atoms with Crippen LogP contribution in [0.15, 0.2) is 18.6 Å². The van der Waals surface area contributed by atoms with Crippen molar-refractivity contribution in [1.29, 1.82) is 0 Å². The van der Waals surface area contributed by atoms with Crippen LogP contribution in [0.5, 0.6) is 0 Å². The van der Waals surface area contributed by atoms with Crippen molar-refractivity contribution in [3.63, 3.8) is 0 Å². The molecule has 0 spiro atoms. The van der Waals surface area contributed by atoms with Crippen molar-refractivity contribution in [2.45, 2.75) is 38.8 Å². The van der Waals surface area contributed by atoms with E-state index < -0.39 is 5.60 Å². The highest BCUT2D eigenvalue weighted by Crippen LogP contribution is 2.15. The van der Waals surface area contributed by atoms with Crippen LogP contribution in [0.3, 0.4) is 0 Å². The maximum absolute atomic E-state index is 12.0. The topological polar surface area (TPSA) is 84.4 Å². The number of likely N-dealkylation sites (tertiary alicyclic amines) is 1. The number of carbonyl (C=O) groups excluding carboxylic acids is 2. The van der Waals surface area contributed by atoms with Crippen LogP contribution < -0.4 is 5.32 Å². The molecule has 1 aromatic heterocycles. The summed E-state index contributed by atoms with van der Waals surface area (Å²) in [6.07, 6.45) is 4.74. The third-order valence-corrected chi connectivity index (χ3v) is 2.97. The Balaban J connectivity index is 1.86. The molecule has 1 unspecified atom stereocenters. The molecule has 1 aliphatic rings. The summed E-state index contributed by atoms with van der Waals surface area (Å²) >= 11 is 0. The molecule has 1 atom stereocenters. The van der Waals surface area contributed by atoms with Crippen LogP contribution in [0, 0.1) is 0 Å². The van der Waals surface area contributed by atoms with E-state index in [1.807, 2.05) is 20.8 Å². The average Bonchev–Trinajstić information content (AvgIpc) is 2.86. The monoisotopic (exact) mass is 292 g/mol. The fourth-order valence-electron chi connectivity index (χ4n) is 2.05. The third-order valence-electron chi connectivity index (χ3n) is 2.97. The summed E-state index contributed by atoms with van der Waals surface area (Å²) in [6, 6.07) is -0.0907. The Morgan fingerprint density at radius 3 is 2.76 bits per heavy atom. The van der Waals surface area contributed by atoms with E-state index >= 15 is 0 Å². The van der Waals surface area contributed by atoms with E-state index in [9.17, 15) is 9.59 Å². The average molecular weight is 292 g/mol. The van der Waals surface area contributed by atoms with Gasteiger partial charge in [-0.1, -0.05) is 0 Å². The van der Waals surface area contributed by atoms with E-state index in [0.717, 1.165) is 0 Å². The molecule has 2 amide bonds. The van der Waals surface area contributed by atoms with Gasteiger partial charge in [0.2, 0.25) is 0 Å². The quantitative estimate of drug-likeness (QED) is 0.886. The zero-order valence-corrected chi connectivity index (χ0v) is 12.5. The molecule has 0 aromatic carbocycles. The summed E-state index contributed by atoms with van der Waals surface area (Å²) in [4.78, 5) is 33.3. The first-order valence-electron chi connectivity index (χ1n) is 6.90. The summed E-state index contributed by atoms with van der Waals surface area (Å²) < 4.78 is 5.31. The first-order chi connectivity index (χ1) is 9.85. The summed E-state index contributed by atoms with van der Waals surface area (Å²) in [5.41, 5.74) is -0.244. The number of ether oxygens (including phenoxy) is 1. The number of hydrogen-bond acceptors (Lipinski definition) is 5. The predicted molar refractivity (Wildman–Crippen MR) is 75.7 cm³/mol. The molecule has 21 heavy (non-hydrogen) atoms. The van der Waals surface area contributed by atoms with Gasteiger partial charge in [-0.3, -0.25) is 9.78 Å². The number of aromatic nitrogens is 2. The molecule has 114 valence electrons. The van der Waals surface area contributed by atoms with E-state index in [0.29, 0.717) is 19.5 Å². The van der Waals surface area contributed by atoms with Gasteiger partial charge in [0, 0.05) is 31.5 Å². The van der Waals surface area contributed by atoms with E-state index in [1.54, 1.807) is 4.90 Å². The van der Waals surface area contributed by atoms with Crippen LogP contribution in [0.25, 0.3) is 0 Å². The Kier molecular flexibility index (Phi) is 4.40. The maximum Gasteiger partial charge on any atom is 0.410 e. The molecular weight excluding hydrogens is 272 g/mol.